The van der Waals surface area contributed by atoms with Crippen LogP contribution < -0.4 is 5.73 Å². The first-order chi connectivity index (χ1) is 7.72. The fourth-order valence-corrected chi connectivity index (χ4v) is 1.67. The van der Waals surface area contributed by atoms with E-state index in [1.165, 1.54) is 0 Å². The van der Waals surface area contributed by atoms with Crippen LogP contribution in [0, 0.1) is 0 Å². The van der Waals surface area contributed by atoms with E-state index in [4.69, 9.17) is 10.3 Å². The van der Waals surface area contributed by atoms with Crippen molar-refractivity contribution in [1.82, 2.24) is 10.1 Å². The molecular weight excluding hydrogens is 206 g/mol. The van der Waals surface area contributed by atoms with Crippen molar-refractivity contribution in [2.75, 3.05) is 5.73 Å². The van der Waals surface area contributed by atoms with E-state index in [1.807, 2.05) is 6.07 Å². The summed E-state index contributed by atoms with van der Waals surface area (Å²) in [5.41, 5.74) is 7.83. The number of aromatic nitrogens is 2. The van der Waals surface area contributed by atoms with Crippen LogP contribution in [0.25, 0.3) is 22.3 Å². The molecule has 2 aromatic heterocycles. The van der Waals surface area contributed by atoms with Gasteiger partial charge in [0.25, 0.3) is 0 Å². The van der Waals surface area contributed by atoms with Gasteiger partial charge in [0.1, 0.15) is 11.4 Å². The van der Waals surface area contributed by atoms with E-state index in [-0.39, 0.29) is 11.6 Å². The van der Waals surface area contributed by atoms with Crippen molar-refractivity contribution < 1.29 is 9.63 Å². The van der Waals surface area contributed by atoms with Gasteiger partial charge in [-0.05, 0) is 24.3 Å². The quantitative estimate of drug-likeness (QED) is 0.580. The second-order valence-electron chi connectivity index (χ2n) is 3.57. The fraction of sp³-hybridized carbons (Fsp3) is 0. The highest BCUT2D eigenvalue weighted by Crippen LogP contribution is 2.26. The number of fused-ring (bicyclic) bond motifs is 1. The lowest BCUT2D eigenvalue weighted by Crippen LogP contribution is -1.76. The van der Waals surface area contributed by atoms with Gasteiger partial charge < -0.3 is 20.3 Å². The van der Waals surface area contributed by atoms with Crippen LogP contribution in [0.15, 0.2) is 34.9 Å². The standard InChI is InChI=1S/C11H9N3O2/c12-11-5-10(14-16-11)9-4-6-3-7(15)1-2-8(6)13-9/h1-5,13,15H,12H2. The highest BCUT2D eigenvalue weighted by molar-refractivity contribution is 5.86. The molecule has 2 heterocycles. The van der Waals surface area contributed by atoms with Gasteiger partial charge in [-0.25, -0.2) is 0 Å². The molecule has 5 nitrogen and oxygen atoms in total. The Balaban J connectivity index is 2.18. The molecule has 0 aliphatic heterocycles. The van der Waals surface area contributed by atoms with Gasteiger partial charge in [0.05, 0.1) is 5.69 Å². The van der Waals surface area contributed by atoms with Gasteiger partial charge in [-0.3, -0.25) is 0 Å². The summed E-state index contributed by atoms with van der Waals surface area (Å²) in [4.78, 5) is 3.16. The summed E-state index contributed by atoms with van der Waals surface area (Å²) in [5.74, 6) is 0.509. The Morgan fingerprint density at radius 2 is 2.12 bits per heavy atom. The Hall–Kier alpha value is -2.43. The number of H-pyrrole nitrogens is 1. The van der Waals surface area contributed by atoms with Gasteiger partial charge in [0.15, 0.2) is 0 Å². The molecule has 0 spiro atoms. The highest BCUT2D eigenvalue weighted by Gasteiger charge is 2.08. The van der Waals surface area contributed by atoms with Gasteiger partial charge >= 0.3 is 0 Å². The molecule has 16 heavy (non-hydrogen) atoms. The minimum absolute atomic E-state index is 0.234. The molecule has 0 atom stereocenters. The summed E-state index contributed by atoms with van der Waals surface area (Å²) in [7, 11) is 0. The molecule has 0 unspecified atom stereocenters. The van der Waals surface area contributed by atoms with Gasteiger partial charge in [0.2, 0.25) is 5.88 Å². The number of nitrogens with one attached hydrogen (secondary N) is 1. The minimum atomic E-state index is 0.234. The number of hydrogen-bond acceptors (Lipinski definition) is 4. The van der Waals surface area contributed by atoms with E-state index in [0.29, 0.717) is 5.69 Å². The molecule has 5 heteroatoms. The molecule has 0 bridgehead atoms. The number of phenolic OH excluding ortho intramolecular Hbond substituents is 1. The van der Waals surface area contributed by atoms with E-state index >= 15 is 0 Å². The first kappa shape index (κ1) is 8.84. The minimum Gasteiger partial charge on any atom is -0.508 e. The molecule has 0 aliphatic rings. The van der Waals surface area contributed by atoms with Gasteiger partial charge in [0, 0.05) is 17.0 Å². The summed E-state index contributed by atoms with van der Waals surface area (Å²) in [6.45, 7) is 0. The average Bonchev–Trinajstić information content (AvgIpc) is 2.83. The van der Waals surface area contributed by atoms with Crippen molar-refractivity contribution in [2.45, 2.75) is 0 Å². The molecule has 0 fully saturated rings. The van der Waals surface area contributed by atoms with Gasteiger partial charge in [-0.15, -0.1) is 0 Å². The Bertz CT molecular complexity index is 654. The number of phenols is 1. The van der Waals surface area contributed by atoms with Crippen LogP contribution in [0.4, 0.5) is 5.88 Å². The molecule has 0 radical (unpaired) electrons. The van der Waals surface area contributed by atoms with Gasteiger partial charge in [-0.2, -0.15) is 0 Å². The number of benzene rings is 1. The fourth-order valence-electron chi connectivity index (χ4n) is 1.67. The van der Waals surface area contributed by atoms with Crippen LogP contribution in [0.3, 0.4) is 0 Å². The zero-order valence-corrected chi connectivity index (χ0v) is 8.27. The average molecular weight is 215 g/mol. The molecule has 80 valence electrons. The lowest BCUT2D eigenvalue weighted by atomic mass is 10.2. The maximum absolute atomic E-state index is 9.35. The first-order valence-corrected chi connectivity index (χ1v) is 4.77. The normalized spacial score (nSPS) is 11.0. The summed E-state index contributed by atoms with van der Waals surface area (Å²) in [6.07, 6.45) is 0. The molecule has 0 aliphatic carbocycles. The summed E-state index contributed by atoms with van der Waals surface area (Å²) in [5, 5.41) is 14.1. The molecule has 4 N–H and O–H groups in total. The van der Waals surface area contributed by atoms with Crippen LogP contribution in [-0.2, 0) is 0 Å². The lowest BCUT2D eigenvalue weighted by molar-refractivity contribution is 0.439. The van der Waals surface area contributed by atoms with Crippen LogP contribution in [-0.4, -0.2) is 15.2 Å². The largest absolute Gasteiger partial charge is 0.508 e. The molecule has 3 aromatic rings. The van der Waals surface area contributed by atoms with E-state index in [1.54, 1.807) is 24.3 Å². The predicted molar refractivity (Wildman–Crippen MR) is 59.9 cm³/mol. The Morgan fingerprint density at radius 1 is 1.25 bits per heavy atom. The number of rotatable bonds is 1. The third-order valence-electron chi connectivity index (χ3n) is 2.41. The van der Waals surface area contributed by atoms with E-state index < -0.39 is 0 Å². The third-order valence-corrected chi connectivity index (χ3v) is 2.41. The second kappa shape index (κ2) is 3.03. The lowest BCUT2D eigenvalue weighted by Gasteiger charge is -1.89. The Kier molecular flexibility index (Phi) is 1.67. The summed E-state index contributed by atoms with van der Waals surface area (Å²) >= 11 is 0. The van der Waals surface area contributed by atoms with E-state index in [9.17, 15) is 5.11 Å². The zero-order chi connectivity index (χ0) is 11.1. The number of anilines is 1. The zero-order valence-electron chi connectivity index (χ0n) is 8.27. The maximum Gasteiger partial charge on any atom is 0.222 e. The van der Waals surface area contributed by atoms with Crippen LogP contribution in [0.1, 0.15) is 0 Å². The molecule has 0 saturated carbocycles. The van der Waals surface area contributed by atoms with Crippen molar-refractivity contribution in [3.05, 3.63) is 30.3 Å². The monoisotopic (exact) mass is 215 g/mol. The molecule has 0 saturated heterocycles. The second-order valence-corrected chi connectivity index (χ2v) is 3.57. The van der Waals surface area contributed by atoms with Crippen LogP contribution in [0.5, 0.6) is 5.75 Å². The van der Waals surface area contributed by atoms with Crippen molar-refractivity contribution >= 4 is 16.8 Å². The Morgan fingerprint density at radius 3 is 2.88 bits per heavy atom. The molecule has 0 amide bonds. The Labute approximate surface area is 90.5 Å². The topological polar surface area (TPSA) is 88.1 Å². The summed E-state index contributed by atoms with van der Waals surface area (Å²) in [6, 6.07) is 8.63. The highest BCUT2D eigenvalue weighted by atomic mass is 16.5. The smallest absolute Gasteiger partial charge is 0.222 e. The number of nitrogens with two attached hydrogens (primary N) is 1. The van der Waals surface area contributed by atoms with Crippen LogP contribution >= 0.6 is 0 Å². The summed E-state index contributed by atoms with van der Waals surface area (Å²) < 4.78 is 4.80. The van der Waals surface area contributed by atoms with Crippen molar-refractivity contribution in [3.63, 3.8) is 0 Å². The number of hydrogen-bond donors (Lipinski definition) is 3. The SMILES string of the molecule is Nc1cc(-c2cc3cc(O)ccc3[nH]2)no1. The molecule has 1 aromatic carbocycles. The van der Waals surface area contributed by atoms with E-state index in [0.717, 1.165) is 16.6 Å². The predicted octanol–water partition coefficient (Wildman–Crippen LogP) is 2.11. The maximum atomic E-state index is 9.35. The third kappa shape index (κ3) is 1.30. The number of aromatic hydroxyl groups is 1. The molecular formula is C11H9N3O2. The number of nitrogen functional groups attached to an aromatic ring is 1. The van der Waals surface area contributed by atoms with Crippen molar-refractivity contribution in [2.24, 2.45) is 0 Å². The number of nitrogens with zero attached hydrogens (tertiary/aromatic N) is 1. The van der Waals surface area contributed by atoms with Gasteiger partial charge in [-0.1, -0.05) is 5.16 Å². The van der Waals surface area contributed by atoms with Crippen molar-refractivity contribution in [1.29, 1.82) is 0 Å². The number of aromatic amines is 1. The van der Waals surface area contributed by atoms with Crippen molar-refractivity contribution in [3.8, 4) is 17.1 Å². The molecule has 3 rings (SSSR count). The van der Waals surface area contributed by atoms with Crippen LogP contribution in [0.2, 0.25) is 0 Å². The first-order valence-electron chi connectivity index (χ1n) is 4.77. The van der Waals surface area contributed by atoms with E-state index in [2.05, 4.69) is 10.1 Å².